The number of aromatic nitrogens is 4. The van der Waals surface area contributed by atoms with Crippen molar-refractivity contribution in [1.29, 1.82) is 0 Å². The van der Waals surface area contributed by atoms with Gasteiger partial charge in [0.25, 0.3) is 0 Å². The molecule has 0 amide bonds. The number of halogens is 2. The van der Waals surface area contributed by atoms with E-state index in [-0.39, 0.29) is 0 Å². The van der Waals surface area contributed by atoms with Crippen molar-refractivity contribution < 1.29 is 0 Å². The third-order valence-corrected chi connectivity index (χ3v) is 6.63. The van der Waals surface area contributed by atoms with Crippen molar-refractivity contribution in [3.05, 3.63) is 82.8 Å². The highest BCUT2D eigenvalue weighted by molar-refractivity contribution is 7.18. The molecule has 0 aliphatic heterocycles. The highest BCUT2D eigenvalue weighted by atomic mass is 35.5. The summed E-state index contributed by atoms with van der Waals surface area (Å²) in [6, 6.07) is 23.0. The Morgan fingerprint density at radius 2 is 1.00 bits per heavy atom. The number of hydrogen-bond acceptors (Lipinski definition) is 8. The molecule has 0 aliphatic rings. The second-order valence-corrected chi connectivity index (χ2v) is 9.50. The molecule has 0 unspecified atom stereocenters. The lowest BCUT2D eigenvalue weighted by Crippen LogP contribution is -1.88. The first kappa shape index (κ1) is 20.8. The van der Waals surface area contributed by atoms with Gasteiger partial charge in [0.05, 0.1) is 0 Å². The minimum absolute atomic E-state index is 0.665. The molecule has 2 heterocycles. The summed E-state index contributed by atoms with van der Waals surface area (Å²) in [6.07, 6.45) is 0. The third-order valence-electron chi connectivity index (χ3n) is 4.38. The Labute approximate surface area is 201 Å². The van der Waals surface area contributed by atoms with Gasteiger partial charge in [0.15, 0.2) is 0 Å². The van der Waals surface area contributed by atoms with Gasteiger partial charge in [-0.1, -0.05) is 82.3 Å². The van der Waals surface area contributed by atoms with Crippen LogP contribution in [0.3, 0.4) is 0 Å². The maximum Gasteiger partial charge on any atom is 0.210 e. The zero-order valence-corrected chi connectivity index (χ0v) is 19.4. The summed E-state index contributed by atoms with van der Waals surface area (Å²) in [7, 11) is 0. The normalized spacial score (nSPS) is 10.8. The first-order valence-corrected chi connectivity index (χ1v) is 11.8. The van der Waals surface area contributed by atoms with Crippen LogP contribution in [0.5, 0.6) is 0 Å². The SMILES string of the molecule is Clc1cccc(Nc2nnc(-c3ccc(-c4nnc(Nc5cccc(Cl)c5)s4)cc3)s2)c1. The van der Waals surface area contributed by atoms with Crippen molar-refractivity contribution in [3.63, 3.8) is 0 Å². The van der Waals surface area contributed by atoms with Crippen molar-refractivity contribution in [2.45, 2.75) is 0 Å². The molecule has 6 nitrogen and oxygen atoms in total. The van der Waals surface area contributed by atoms with E-state index in [9.17, 15) is 0 Å². The van der Waals surface area contributed by atoms with E-state index in [4.69, 9.17) is 23.2 Å². The van der Waals surface area contributed by atoms with Gasteiger partial charge in [-0.25, -0.2) is 0 Å². The van der Waals surface area contributed by atoms with Crippen molar-refractivity contribution in [1.82, 2.24) is 20.4 Å². The molecule has 10 heteroatoms. The zero-order valence-electron chi connectivity index (χ0n) is 16.3. The molecule has 2 aromatic heterocycles. The maximum absolute atomic E-state index is 6.04. The maximum atomic E-state index is 6.04. The smallest absolute Gasteiger partial charge is 0.210 e. The number of benzene rings is 3. The Morgan fingerprint density at radius 3 is 1.41 bits per heavy atom. The van der Waals surface area contributed by atoms with Crippen molar-refractivity contribution in [2.24, 2.45) is 0 Å². The lowest BCUT2D eigenvalue weighted by Gasteiger charge is -2.01. The van der Waals surface area contributed by atoms with E-state index >= 15 is 0 Å². The molecule has 0 atom stereocenters. The fourth-order valence-electron chi connectivity index (χ4n) is 2.92. The summed E-state index contributed by atoms with van der Waals surface area (Å²) in [5, 5.41) is 27.9. The molecule has 0 saturated carbocycles. The molecule has 5 aromatic rings. The molecular formula is C22H14Cl2N6S2. The van der Waals surface area contributed by atoms with E-state index in [1.54, 1.807) is 0 Å². The molecule has 0 aliphatic carbocycles. The standard InChI is InChI=1S/C22H14Cl2N6S2/c23-15-3-1-5-17(11-15)25-21-29-27-19(31-21)13-7-9-14(10-8-13)20-28-30-22(32-20)26-18-6-2-4-16(24)12-18/h1-12H,(H,25,29)(H,26,30). The molecule has 5 rings (SSSR count). The molecule has 158 valence electrons. The Balaban J connectivity index is 1.29. The van der Waals surface area contributed by atoms with Crippen molar-refractivity contribution >= 4 is 67.5 Å². The van der Waals surface area contributed by atoms with Crippen LogP contribution in [0.2, 0.25) is 10.0 Å². The fourth-order valence-corrected chi connectivity index (χ4v) is 4.83. The number of anilines is 4. The highest BCUT2D eigenvalue weighted by Gasteiger charge is 2.10. The van der Waals surface area contributed by atoms with Crippen LogP contribution in [0, 0.1) is 0 Å². The van der Waals surface area contributed by atoms with Crippen LogP contribution in [0.15, 0.2) is 72.8 Å². The second-order valence-electron chi connectivity index (χ2n) is 6.67. The molecule has 0 radical (unpaired) electrons. The number of hydrogen-bond donors (Lipinski definition) is 2. The molecule has 3 aromatic carbocycles. The Kier molecular flexibility index (Phi) is 6.00. The lowest BCUT2D eigenvalue weighted by molar-refractivity contribution is 1.09. The number of rotatable bonds is 6. The predicted octanol–water partition coefficient (Wildman–Crippen LogP) is 7.52. The van der Waals surface area contributed by atoms with Gasteiger partial charge in [-0.15, -0.1) is 20.4 Å². The molecule has 0 fully saturated rings. The molecule has 0 spiro atoms. The van der Waals surface area contributed by atoms with Gasteiger partial charge >= 0.3 is 0 Å². The van der Waals surface area contributed by atoms with Crippen molar-refractivity contribution in [3.8, 4) is 21.1 Å². The topological polar surface area (TPSA) is 75.6 Å². The molecular weight excluding hydrogens is 483 g/mol. The van der Waals surface area contributed by atoms with Gasteiger partial charge < -0.3 is 10.6 Å². The van der Waals surface area contributed by atoms with E-state index in [2.05, 4.69) is 31.0 Å². The molecule has 0 saturated heterocycles. The Bertz CT molecular complexity index is 1260. The third kappa shape index (κ3) is 4.89. The van der Waals surface area contributed by atoms with E-state index < -0.39 is 0 Å². The van der Waals surface area contributed by atoms with Crippen LogP contribution in [-0.4, -0.2) is 20.4 Å². The highest BCUT2D eigenvalue weighted by Crippen LogP contribution is 2.33. The summed E-state index contributed by atoms with van der Waals surface area (Å²) >= 11 is 15.0. The largest absolute Gasteiger partial charge is 0.330 e. The van der Waals surface area contributed by atoms with Crippen LogP contribution in [-0.2, 0) is 0 Å². The van der Waals surface area contributed by atoms with Crippen LogP contribution in [0.1, 0.15) is 0 Å². The summed E-state index contributed by atoms with van der Waals surface area (Å²) in [6.45, 7) is 0. The van der Waals surface area contributed by atoms with Gasteiger partial charge in [0.1, 0.15) is 10.0 Å². The van der Waals surface area contributed by atoms with Gasteiger partial charge in [-0.3, -0.25) is 0 Å². The van der Waals surface area contributed by atoms with Crippen LogP contribution in [0.25, 0.3) is 21.1 Å². The average molecular weight is 497 g/mol. The summed E-state index contributed by atoms with van der Waals surface area (Å²) < 4.78 is 0. The van der Waals surface area contributed by atoms with E-state index in [0.717, 1.165) is 32.5 Å². The quantitative estimate of drug-likeness (QED) is 0.253. The minimum Gasteiger partial charge on any atom is -0.330 e. The van der Waals surface area contributed by atoms with Crippen LogP contribution < -0.4 is 10.6 Å². The molecule has 32 heavy (non-hydrogen) atoms. The number of nitrogens with zero attached hydrogens (tertiary/aromatic N) is 4. The van der Waals surface area contributed by atoms with E-state index in [0.29, 0.717) is 20.3 Å². The van der Waals surface area contributed by atoms with Gasteiger partial charge in [-0.2, -0.15) is 0 Å². The summed E-state index contributed by atoms with van der Waals surface area (Å²) in [5.41, 5.74) is 3.70. The molecule has 2 N–H and O–H groups in total. The van der Waals surface area contributed by atoms with Gasteiger partial charge in [0, 0.05) is 32.5 Å². The number of nitrogens with one attached hydrogen (secondary N) is 2. The van der Waals surface area contributed by atoms with Gasteiger partial charge in [-0.05, 0) is 36.4 Å². The fraction of sp³-hybridized carbons (Fsp3) is 0. The first-order chi connectivity index (χ1) is 15.6. The minimum atomic E-state index is 0.665. The summed E-state index contributed by atoms with van der Waals surface area (Å²) in [5.74, 6) is 0. The van der Waals surface area contributed by atoms with E-state index in [1.807, 2.05) is 72.8 Å². The second kappa shape index (κ2) is 9.22. The zero-order chi connectivity index (χ0) is 21.9. The van der Waals surface area contributed by atoms with E-state index in [1.165, 1.54) is 22.7 Å². The Hall–Kier alpha value is -3.04. The Morgan fingerprint density at radius 1 is 0.562 bits per heavy atom. The lowest BCUT2D eigenvalue weighted by atomic mass is 10.1. The first-order valence-electron chi connectivity index (χ1n) is 9.45. The van der Waals surface area contributed by atoms with Crippen LogP contribution >= 0.6 is 45.9 Å². The van der Waals surface area contributed by atoms with Crippen molar-refractivity contribution in [2.75, 3.05) is 10.6 Å². The van der Waals surface area contributed by atoms with Gasteiger partial charge in [0.2, 0.25) is 10.3 Å². The van der Waals surface area contributed by atoms with Crippen LogP contribution in [0.4, 0.5) is 21.6 Å². The average Bonchev–Trinajstić information content (AvgIpc) is 3.44. The monoisotopic (exact) mass is 496 g/mol. The summed E-state index contributed by atoms with van der Waals surface area (Å²) in [4.78, 5) is 0. The molecule has 0 bridgehead atoms. The predicted molar refractivity (Wildman–Crippen MR) is 134 cm³/mol.